The highest BCUT2D eigenvalue weighted by Gasteiger charge is 2.09. The van der Waals surface area contributed by atoms with Crippen molar-refractivity contribution in [3.63, 3.8) is 0 Å². The lowest BCUT2D eigenvalue weighted by Gasteiger charge is -2.00. The first kappa shape index (κ1) is 6.65. The van der Waals surface area contributed by atoms with Crippen molar-refractivity contribution in [2.24, 2.45) is 0 Å². The van der Waals surface area contributed by atoms with Crippen molar-refractivity contribution >= 4 is 5.69 Å². The molecule has 0 amide bonds. The molecule has 0 unspecified atom stereocenters. The maximum absolute atomic E-state index is 4.31. The minimum Gasteiger partial charge on any atom is -0.383 e. The zero-order valence-electron chi connectivity index (χ0n) is 6.72. The fraction of sp³-hybridized carbons (Fsp3) is 0.444. The summed E-state index contributed by atoms with van der Waals surface area (Å²) >= 11 is 0. The Bertz CT molecular complexity index is 268. The van der Waals surface area contributed by atoms with Crippen LogP contribution in [-0.4, -0.2) is 11.5 Å². The molecule has 58 valence electrons. The molecule has 2 nitrogen and oxygen atoms in total. The second kappa shape index (κ2) is 2.53. The lowest BCUT2D eigenvalue weighted by atomic mass is 10.1. The zero-order chi connectivity index (χ0) is 7.68. The van der Waals surface area contributed by atoms with E-state index in [1.54, 1.807) is 0 Å². The molecule has 1 aromatic heterocycles. The second-order valence-electron chi connectivity index (χ2n) is 2.86. The molecule has 2 heteroatoms. The fourth-order valence-corrected chi connectivity index (χ4v) is 1.44. The summed E-state index contributed by atoms with van der Waals surface area (Å²) in [5.74, 6) is 0. The van der Waals surface area contributed by atoms with Gasteiger partial charge in [0.25, 0.3) is 0 Å². The molecule has 2 heterocycles. The SMILES string of the molecule is CCc1cc2c(cn1)NCC2. The number of aromatic nitrogens is 1. The highest BCUT2D eigenvalue weighted by Crippen LogP contribution is 2.20. The van der Waals surface area contributed by atoms with Crippen LogP contribution in [-0.2, 0) is 12.8 Å². The summed E-state index contributed by atoms with van der Waals surface area (Å²) in [6.45, 7) is 3.21. The summed E-state index contributed by atoms with van der Waals surface area (Å²) in [4.78, 5) is 4.31. The predicted octanol–water partition coefficient (Wildman–Crippen LogP) is 1.61. The number of rotatable bonds is 1. The number of aryl methyl sites for hydroxylation is 1. The van der Waals surface area contributed by atoms with Crippen molar-refractivity contribution in [3.05, 3.63) is 23.5 Å². The Kier molecular flexibility index (Phi) is 1.53. The molecule has 0 bridgehead atoms. The highest BCUT2D eigenvalue weighted by molar-refractivity contribution is 5.54. The number of pyridine rings is 1. The predicted molar refractivity (Wildman–Crippen MR) is 45.8 cm³/mol. The van der Waals surface area contributed by atoms with E-state index in [9.17, 15) is 0 Å². The summed E-state index contributed by atoms with van der Waals surface area (Å²) in [7, 11) is 0. The molecule has 0 aliphatic carbocycles. The molecule has 0 saturated carbocycles. The van der Waals surface area contributed by atoms with E-state index in [0.717, 1.165) is 19.4 Å². The van der Waals surface area contributed by atoms with E-state index in [-0.39, 0.29) is 0 Å². The maximum Gasteiger partial charge on any atom is 0.0560 e. The van der Waals surface area contributed by atoms with Crippen LogP contribution in [0.3, 0.4) is 0 Å². The first-order valence-electron chi connectivity index (χ1n) is 4.12. The van der Waals surface area contributed by atoms with Crippen LogP contribution in [0.2, 0.25) is 0 Å². The van der Waals surface area contributed by atoms with Crippen molar-refractivity contribution < 1.29 is 0 Å². The van der Waals surface area contributed by atoms with E-state index >= 15 is 0 Å². The van der Waals surface area contributed by atoms with Crippen LogP contribution in [0.4, 0.5) is 5.69 Å². The Balaban J connectivity index is 2.41. The summed E-state index contributed by atoms with van der Waals surface area (Å²) < 4.78 is 0. The first-order valence-corrected chi connectivity index (χ1v) is 4.12. The lowest BCUT2D eigenvalue weighted by molar-refractivity contribution is 1.02. The largest absolute Gasteiger partial charge is 0.383 e. The summed E-state index contributed by atoms with van der Waals surface area (Å²) in [5.41, 5.74) is 3.85. The number of fused-ring (bicyclic) bond motifs is 1. The molecule has 1 aliphatic heterocycles. The average molecular weight is 148 g/mol. The van der Waals surface area contributed by atoms with E-state index in [1.807, 2.05) is 6.20 Å². The number of nitrogens with one attached hydrogen (secondary N) is 1. The zero-order valence-corrected chi connectivity index (χ0v) is 6.72. The summed E-state index contributed by atoms with van der Waals surface area (Å²) in [5, 5.41) is 3.29. The highest BCUT2D eigenvalue weighted by atomic mass is 14.9. The Morgan fingerprint density at radius 1 is 1.64 bits per heavy atom. The molecule has 0 aromatic carbocycles. The third-order valence-corrected chi connectivity index (χ3v) is 2.12. The smallest absolute Gasteiger partial charge is 0.0560 e. The average Bonchev–Trinajstić information content (AvgIpc) is 2.50. The Labute approximate surface area is 66.7 Å². The van der Waals surface area contributed by atoms with Crippen molar-refractivity contribution in [2.45, 2.75) is 19.8 Å². The van der Waals surface area contributed by atoms with Crippen molar-refractivity contribution in [1.29, 1.82) is 0 Å². The molecule has 11 heavy (non-hydrogen) atoms. The molecular formula is C9H12N2. The van der Waals surface area contributed by atoms with Gasteiger partial charge in [-0.15, -0.1) is 0 Å². The van der Waals surface area contributed by atoms with Gasteiger partial charge in [-0.1, -0.05) is 6.92 Å². The van der Waals surface area contributed by atoms with Crippen molar-refractivity contribution in [3.8, 4) is 0 Å². The minimum atomic E-state index is 1.04. The molecule has 0 saturated heterocycles. The molecule has 1 N–H and O–H groups in total. The normalized spacial score (nSPS) is 14.3. The number of hydrogen-bond donors (Lipinski definition) is 1. The maximum atomic E-state index is 4.31. The van der Waals surface area contributed by atoms with Gasteiger partial charge >= 0.3 is 0 Å². The topological polar surface area (TPSA) is 24.9 Å². The standard InChI is InChI=1S/C9H12N2/c1-2-8-5-7-3-4-10-9(7)6-11-8/h5-6,10H,2-4H2,1H3. The van der Waals surface area contributed by atoms with Gasteiger partial charge in [0.1, 0.15) is 0 Å². The quantitative estimate of drug-likeness (QED) is 0.654. The molecule has 0 radical (unpaired) electrons. The van der Waals surface area contributed by atoms with Gasteiger partial charge in [0.05, 0.1) is 11.9 Å². The van der Waals surface area contributed by atoms with Crippen LogP contribution in [0.5, 0.6) is 0 Å². The first-order chi connectivity index (χ1) is 5.40. The molecule has 2 rings (SSSR count). The summed E-state index contributed by atoms with van der Waals surface area (Å²) in [6.07, 6.45) is 4.14. The van der Waals surface area contributed by atoms with E-state index in [0.29, 0.717) is 0 Å². The lowest BCUT2D eigenvalue weighted by Crippen LogP contribution is -1.91. The Hall–Kier alpha value is -1.05. The van der Waals surface area contributed by atoms with Crippen LogP contribution < -0.4 is 5.32 Å². The molecule has 0 atom stereocenters. The van der Waals surface area contributed by atoms with E-state index in [2.05, 4.69) is 23.3 Å². The van der Waals surface area contributed by atoms with Crippen LogP contribution in [0.15, 0.2) is 12.3 Å². The number of anilines is 1. The Morgan fingerprint density at radius 2 is 2.55 bits per heavy atom. The molecular weight excluding hydrogens is 136 g/mol. The van der Waals surface area contributed by atoms with Gasteiger partial charge in [0.15, 0.2) is 0 Å². The van der Waals surface area contributed by atoms with Gasteiger partial charge in [0.2, 0.25) is 0 Å². The van der Waals surface area contributed by atoms with E-state index in [4.69, 9.17) is 0 Å². The molecule has 1 aliphatic rings. The summed E-state index contributed by atoms with van der Waals surface area (Å²) in [6, 6.07) is 2.20. The van der Waals surface area contributed by atoms with Gasteiger partial charge < -0.3 is 5.32 Å². The van der Waals surface area contributed by atoms with Crippen LogP contribution in [0, 0.1) is 0 Å². The molecule has 1 aromatic rings. The van der Waals surface area contributed by atoms with Crippen molar-refractivity contribution in [1.82, 2.24) is 4.98 Å². The van der Waals surface area contributed by atoms with Gasteiger partial charge in [-0.3, -0.25) is 4.98 Å². The minimum absolute atomic E-state index is 1.04. The number of hydrogen-bond acceptors (Lipinski definition) is 2. The fourth-order valence-electron chi connectivity index (χ4n) is 1.44. The Morgan fingerprint density at radius 3 is 3.36 bits per heavy atom. The van der Waals surface area contributed by atoms with E-state index in [1.165, 1.54) is 16.9 Å². The third-order valence-electron chi connectivity index (χ3n) is 2.12. The third kappa shape index (κ3) is 1.09. The van der Waals surface area contributed by atoms with Crippen LogP contribution >= 0.6 is 0 Å². The van der Waals surface area contributed by atoms with Gasteiger partial charge in [-0.2, -0.15) is 0 Å². The van der Waals surface area contributed by atoms with Crippen LogP contribution in [0.25, 0.3) is 0 Å². The second-order valence-corrected chi connectivity index (χ2v) is 2.86. The van der Waals surface area contributed by atoms with Gasteiger partial charge in [0, 0.05) is 12.2 Å². The van der Waals surface area contributed by atoms with Gasteiger partial charge in [-0.25, -0.2) is 0 Å². The van der Waals surface area contributed by atoms with E-state index < -0.39 is 0 Å². The monoisotopic (exact) mass is 148 g/mol. The molecule has 0 fully saturated rings. The number of nitrogens with zero attached hydrogens (tertiary/aromatic N) is 1. The van der Waals surface area contributed by atoms with Crippen LogP contribution in [0.1, 0.15) is 18.2 Å². The van der Waals surface area contributed by atoms with Gasteiger partial charge in [-0.05, 0) is 24.5 Å². The molecule has 0 spiro atoms. The van der Waals surface area contributed by atoms with Crippen molar-refractivity contribution in [2.75, 3.05) is 11.9 Å².